The van der Waals surface area contributed by atoms with Gasteiger partial charge < -0.3 is 19.9 Å². The van der Waals surface area contributed by atoms with Gasteiger partial charge in [0.2, 0.25) is 6.79 Å². The molecule has 0 aliphatic carbocycles. The Labute approximate surface area is 118 Å². The van der Waals surface area contributed by atoms with Crippen LogP contribution in [0.3, 0.4) is 0 Å². The van der Waals surface area contributed by atoms with Crippen LogP contribution in [0.5, 0.6) is 17.2 Å². The summed E-state index contributed by atoms with van der Waals surface area (Å²) in [5.41, 5.74) is 6.97. The minimum Gasteiger partial charge on any atom is -0.492 e. The Kier molecular flexibility index (Phi) is 5.22. The van der Waals surface area contributed by atoms with Crippen LogP contribution in [-0.2, 0) is 6.42 Å². The van der Waals surface area contributed by atoms with Gasteiger partial charge in [0.05, 0.1) is 6.61 Å². The van der Waals surface area contributed by atoms with E-state index in [0.29, 0.717) is 6.61 Å². The van der Waals surface area contributed by atoms with E-state index in [-0.39, 0.29) is 12.8 Å². The highest BCUT2D eigenvalue weighted by Gasteiger charge is 2.18. The summed E-state index contributed by atoms with van der Waals surface area (Å²) in [4.78, 5) is 0. The third-order valence-electron chi connectivity index (χ3n) is 2.79. The number of hydrogen-bond donors (Lipinski definition) is 1. The molecule has 0 bridgehead atoms. The monoisotopic (exact) mass is 283 g/mol. The number of thioether (sulfide) groups is 1. The summed E-state index contributed by atoms with van der Waals surface area (Å²) in [6.07, 6.45) is 0.771. The molecule has 106 valence electrons. The number of hydrogen-bond acceptors (Lipinski definition) is 5. The van der Waals surface area contributed by atoms with Gasteiger partial charge in [0, 0.05) is 17.9 Å². The highest BCUT2D eigenvalue weighted by molar-refractivity contribution is 7.99. The molecule has 1 aromatic rings. The van der Waals surface area contributed by atoms with Gasteiger partial charge in [-0.3, -0.25) is 0 Å². The summed E-state index contributed by atoms with van der Waals surface area (Å²) in [5, 5.41) is 0. The van der Waals surface area contributed by atoms with E-state index in [9.17, 15) is 0 Å². The second-order valence-corrected chi connectivity index (χ2v) is 5.93. The molecule has 0 saturated heterocycles. The zero-order chi connectivity index (χ0) is 13.7. The molecular weight excluding hydrogens is 262 g/mol. The van der Waals surface area contributed by atoms with Crippen molar-refractivity contribution in [1.29, 1.82) is 0 Å². The zero-order valence-corrected chi connectivity index (χ0v) is 12.3. The highest BCUT2D eigenvalue weighted by Crippen LogP contribution is 2.38. The second-order valence-electron chi connectivity index (χ2n) is 4.54. The number of rotatable bonds is 7. The van der Waals surface area contributed by atoms with Gasteiger partial charge in [-0.25, -0.2) is 0 Å². The van der Waals surface area contributed by atoms with Crippen LogP contribution in [0.4, 0.5) is 0 Å². The van der Waals surface area contributed by atoms with E-state index >= 15 is 0 Å². The van der Waals surface area contributed by atoms with Crippen LogP contribution in [0.15, 0.2) is 12.1 Å². The molecule has 0 aromatic heterocycles. The summed E-state index contributed by atoms with van der Waals surface area (Å²) >= 11 is 1.87. The van der Waals surface area contributed by atoms with Crippen molar-refractivity contribution in [2.24, 2.45) is 5.73 Å². The summed E-state index contributed by atoms with van der Waals surface area (Å²) in [5.74, 6) is 4.50. The Balaban J connectivity index is 2.09. The maximum atomic E-state index is 5.88. The van der Waals surface area contributed by atoms with Gasteiger partial charge in [0.25, 0.3) is 0 Å². The molecule has 0 saturated carbocycles. The van der Waals surface area contributed by atoms with Crippen molar-refractivity contribution < 1.29 is 14.2 Å². The molecule has 1 aliphatic heterocycles. The van der Waals surface area contributed by atoms with E-state index in [1.54, 1.807) is 0 Å². The Hall–Kier alpha value is -1.07. The molecule has 0 spiro atoms. The SMILES string of the molecule is CCSCCOc1cc2c(cc1CC(C)N)OCO2. The number of benzene rings is 1. The van der Waals surface area contributed by atoms with Crippen molar-refractivity contribution in [3.8, 4) is 17.2 Å². The van der Waals surface area contributed by atoms with Crippen molar-refractivity contribution in [3.63, 3.8) is 0 Å². The average molecular weight is 283 g/mol. The van der Waals surface area contributed by atoms with E-state index in [4.69, 9.17) is 19.9 Å². The maximum Gasteiger partial charge on any atom is 0.231 e. The van der Waals surface area contributed by atoms with E-state index in [1.165, 1.54) is 0 Å². The highest BCUT2D eigenvalue weighted by atomic mass is 32.2. The first-order chi connectivity index (χ1) is 9.20. The summed E-state index contributed by atoms with van der Waals surface area (Å²) < 4.78 is 16.6. The lowest BCUT2D eigenvalue weighted by Crippen LogP contribution is -2.18. The first-order valence-corrected chi connectivity index (χ1v) is 7.74. The van der Waals surface area contributed by atoms with Gasteiger partial charge in [-0.2, -0.15) is 11.8 Å². The third kappa shape index (κ3) is 3.94. The first kappa shape index (κ1) is 14.3. The van der Waals surface area contributed by atoms with Crippen molar-refractivity contribution in [2.45, 2.75) is 26.3 Å². The number of ether oxygens (including phenoxy) is 3. The fourth-order valence-electron chi connectivity index (χ4n) is 1.96. The molecule has 1 atom stereocenters. The average Bonchev–Trinajstić information content (AvgIpc) is 2.81. The van der Waals surface area contributed by atoms with Gasteiger partial charge in [-0.15, -0.1) is 0 Å². The van der Waals surface area contributed by atoms with Gasteiger partial charge >= 0.3 is 0 Å². The summed E-state index contributed by atoms with van der Waals surface area (Å²) in [6.45, 7) is 5.11. The predicted molar refractivity (Wildman–Crippen MR) is 78.4 cm³/mol. The first-order valence-electron chi connectivity index (χ1n) is 6.59. The molecule has 0 fully saturated rings. The maximum absolute atomic E-state index is 5.88. The van der Waals surface area contributed by atoms with Crippen molar-refractivity contribution in [3.05, 3.63) is 17.7 Å². The predicted octanol–water partition coefficient (Wildman–Crippen LogP) is 2.44. The Morgan fingerprint density at radius 2 is 2.11 bits per heavy atom. The molecule has 0 amide bonds. The number of nitrogens with two attached hydrogens (primary N) is 1. The Morgan fingerprint density at radius 1 is 1.37 bits per heavy atom. The fraction of sp³-hybridized carbons (Fsp3) is 0.571. The van der Waals surface area contributed by atoms with Gasteiger partial charge in [0.15, 0.2) is 11.5 Å². The van der Waals surface area contributed by atoms with Crippen LogP contribution < -0.4 is 19.9 Å². The largest absolute Gasteiger partial charge is 0.492 e. The molecule has 0 radical (unpaired) electrons. The van der Waals surface area contributed by atoms with E-state index < -0.39 is 0 Å². The molecule has 19 heavy (non-hydrogen) atoms. The molecule has 1 aliphatic rings. The topological polar surface area (TPSA) is 53.7 Å². The fourth-order valence-corrected chi connectivity index (χ4v) is 2.45. The lowest BCUT2D eigenvalue weighted by molar-refractivity contribution is 0.173. The van der Waals surface area contributed by atoms with E-state index in [0.717, 1.165) is 40.7 Å². The van der Waals surface area contributed by atoms with Crippen molar-refractivity contribution in [2.75, 3.05) is 24.9 Å². The van der Waals surface area contributed by atoms with Gasteiger partial charge in [-0.1, -0.05) is 6.92 Å². The second kappa shape index (κ2) is 6.91. The lowest BCUT2D eigenvalue weighted by Gasteiger charge is -2.14. The molecule has 2 N–H and O–H groups in total. The van der Waals surface area contributed by atoms with E-state index in [2.05, 4.69) is 6.92 Å². The van der Waals surface area contributed by atoms with Crippen LogP contribution in [-0.4, -0.2) is 30.9 Å². The molecule has 4 nitrogen and oxygen atoms in total. The quantitative estimate of drug-likeness (QED) is 0.779. The molecule has 1 unspecified atom stereocenters. The van der Waals surface area contributed by atoms with Gasteiger partial charge in [0.1, 0.15) is 5.75 Å². The molecule has 2 rings (SSSR count). The van der Waals surface area contributed by atoms with Crippen LogP contribution in [0.1, 0.15) is 19.4 Å². The number of fused-ring (bicyclic) bond motifs is 1. The molecule has 1 heterocycles. The molecule has 1 aromatic carbocycles. The van der Waals surface area contributed by atoms with E-state index in [1.807, 2.05) is 30.8 Å². The third-order valence-corrected chi connectivity index (χ3v) is 3.65. The lowest BCUT2D eigenvalue weighted by atomic mass is 10.1. The minimum atomic E-state index is 0.0905. The van der Waals surface area contributed by atoms with Crippen LogP contribution in [0.2, 0.25) is 0 Å². The standard InChI is InChI=1S/C14H21NO3S/c1-3-19-5-4-16-12-8-14-13(17-9-18-14)7-11(12)6-10(2)15/h7-8,10H,3-6,9,15H2,1-2H3. The minimum absolute atomic E-state index is 0.0905. The van der Waals surface area contributed by atoms with Gasteiger partial charge in [-0.05, 0) is 30.7 Å². The Morgan fingerprint density at radius 3 is 2.79 bits per heavy atom. The summed E-state index contributed by atoms with van der Waals surface area (Å²) in [6, 6.07) is 3.98. The molecular formula is C14H21NO3S. The van der Waals surface area contributed by atoms with Crippen LogP contribution in [0, 0.1) is 0 Å². The van der Waals surface area contributed by atoms with Crippen molar-refractivity contribution in [1.82, 2.24) is 0 Å². The summed E-state index contributed by atoms with van der Waals surface area (Å²) in [7, 11) is 0. The van der Waals surface area contributed by atoms with Crippen LogP contribution in [0.25, 0.3) is 0 Å². The molecule has 5 heteroatoms. The normalized spacial score (nSPS) is 14.5. The smallest absolute Gasteiger partial charge is 0.231 e. The van der Waals surface area contributed by atoms with Crippen molar-refractivity contribution >= 4 is 11.8 Å². The zero-order valence-electron chi connectivity index (χ0n) is 11.5. The Bertz CT molecular complexity index is 423. The van der Waals surface area contributed by atoms with Crippen LogP contribution >= 0.6 is 11.8 Å².